The summed E-state index contributed by atoms with van der Waals surface area (Å²) in [5, 5.41) is 24.0. The van der Waals surface area contributed by atoms with E-state index in [1.807, 2.05) is 0 Å². The number of methoxy groups -OCH3 is 2. The summed E-state index contributed by atoms with van der Waals surface area (Å²) in [6.45, 7) is 2.05. The molecule has 2 N–H and O–H groups in total. The molecule has 0 radical (unpaired) electrons. The third-order valence-corrected chi connectivity index (χ3v) is 4.74. The number of pyridine rings is 1. The number of aromatic hydroxyl groups is 1. The van der Waals surface area contributed by atoms with Gasteiger partial charge in [-0.25, -0.2) is 4.98 Å². The van der Waals surface area contributed by atoms with Gasteiger partial charge in [0.2, 0.25) is 0 Å². The van der Waals surface area contributed by atoms with Crippen molar-refractivity contribution in [3.05, 3.63) is 44.0 Å². The first kappa shape index (κ1) is 20.0. The maximum Gasteiger partial charge on any atom is 0.166 e. The summed E-state index contributed by atoms with van der Waals surface area (Å²) in [5.74, 6) is 0.421. The maximum atomic E-state index is 10.1. The fourth-order valence-electron chi connectivity index (χ4n) is 2.24. The van der Waals surface area contributed by atoms with E-state index in [4.69, 9.17) is 21.1 Å². The Morgan fingerprint density at radius 2 is 2.19 bits per heavy atom. The molecule has 7 nitrogen and oxygen atoms in total. The molecule has 0 atom stereocenters. The molecule has 1 heterocycles. The lowest BCUT2D eigenvalue weighted by Crippen LogP contribution is -2.05. The predicted octanol–water partition coefficient (Wildman–Crippen LogP) is 3.98. The smallest absolute Gasteiger partial charge is 0.166 e. The van der Waals surface area contributed by atoms with E-state index in [0.717, 1.165) is 0 Å². The number of aryl methyl sites for hydroxylation is 1. The Balaban J connectivity index is 2.37. The van der Waals surface area contributed by atoms with Gasteiger partial charge in [0, 0.05) is 33.8 Å². The molecule has 0 aliphatic rings. The number of halogens is 2. The Bertz CT molecular complexity index is 897. The number of hydrogen-bond donors (Lipinski definition) is 2. The number of phenolic OH excluding ortho intramolecular Hbond substituents is 1. The van der Waals surface area contributed by atoms with Crippen LogP contribution in [0.1, 0.15) is 22.4 Å². The summed E-state index contributed by atoms with van der Waals surface area (Å²) in [6, 6.07) is 5.13. The number of nitrogens with one attached hydrogen (secondary N) is 1. The molecule has 1 aromatic carbocycles. The molecule has 0 aliphatic carbocycles. The highest BCUT2D eigenvalue weighted by atomic mass is 79.9. The van der Waals surface area contributed by atoms with E-state index in [9.17, 15) is 10.4 Å². The summed E-state index contributed by atoms with van der Waals surface area (Å²) >= 11 is 9.41. The van der Waals surface area contributed by atoms with E-state index in [-0.39, 0.29) is 23.9 Å². The van der Waals surface area contributed by atoms with Crippen LogP contribution < -0.4 is 10.2 Å². The van der Waals surface area contributed by atoms with E-state index < -0.39 is 0 Å². The van der Waals surface area contributed by atoms with Gasteiger partial charge in [0.15, 0.2) is 17.3 Å². The largest absolute Gasteiger partial charge is 0.504 e. The zero-order valence-electron chi connectivity index (χ0n) is 14.3. The van der Waals surface area contributed by atoms with Crippen molar-refractivity contribution < 1.29 is 14.6 Å². The number of nitriles is 1. The minimum atomic E-state index is -0.0945. The summed E-state index contributed by atoms with van der Waals surface area (Å²) in [6.07, 6.45) is 1.36. The third kappa shape index (κ3) is 4.25. The molecule has 2 rings (SSSR count). The SMILES string of the molecule is COCc1c(Br)c(C)nc(N/N=C\c2cc(Cl)cc(OC)c2O)c1C#N. The highest BCUT2D eigenvalue weighted by molar-refractivity contribution is 9.10. The lowest BCUT2D eigenvalue weighted by Gasteiger charge is -2.12. The average molecular weight is 440 g/mol. The molecule has 1 aromatic heterocycles. The predicted molar refractivity (Wildman–Crippen MR) is 103 cm³/mol. The molecule has 26 heavy (non-hydrogen) atoms. The quantitative estimate of drug-likeness (QED) is 0.521. The van der Waals surface area contributed by atoms with Gasteiger partial charge in [-0.1, -0.05) is 11.6 Å². The van der Waals surface area contributed by atoms with E-state index in [2.05, 4.69) is 37.5 Å². The van der Waals surface area contributed by atoms with Gasteiger partial charge in [-0.2, -0.15) is 10.4 Å². The van der Waals surface area contributed by atoms with E-state index in [1.165, 1.54) is 25.5 Å². The first-order valence-electron chi connectivity index (χ1n) is 7.36. The van der Waals surface area contributed by atoms with Crippen molar-refractivity contribution in [2.75, 3.05) is 19.6 Å². The first-order chi connectivity index (χ1) is 12.4. The minimum absolute atomic E-state index is 0.0945. The Kier molecular flexibility index (Phi) is 6.80. The molecule has 2 aromatic rings. The second-order valence-corrected chi connectivity index (χ2v) is 6.40. The molecular weight excluding hydrogens is 424 g/mol. The van der Waals surface area contributed by atoms with Gasteiger partial charge in [-0.3, -0.25) is 5.43 Å². The first-order valence-corrected chi connectivity index (χ1v) is 8.53. The molecule has 0 saturated heterocycles. The van der Waals surface area contributed by atoms with Crippen molar-refractivity contribution in [3.8, 4) is 17.6 Å². The van der Waals surface area contributed by atoms with Gasteiger partial charge >= 0.3 is 0 Å². The lowest BCUT2D eigenvalue weighted by molar-refractivity contribution is 0.184. The summed E-state index contributed by atoms with van der Waals surface area (Å²) < 4.78 is 10.9. The standard InChI is InChI=1S/C17H16BrClN4O3/c1-9-15(18)13(8-25-2)12(6-20)17(22-9)23-21-7-10-4-11(19)5-14(26-3)16(10)24/h4-5,7,24H,8H2,1-3H3,(H,22,23)/b21-7-. The van der Waals surface area contributed by atoms with Crippen LogP contribution in [0, 0.1) is 18.3 Å². The fourth-order valence-corrected chi connectivity index (χ4v) is 2.85. The minimum Gasteiger partial charge on any atom is -0.504 e. The highest BCUT2D eigenvalue weighted by Crippen LogP contribution is 2.32. The summed E-state index contributed by atoms with van der Waals surface area (Å²) in [7, 11) is 2.97. The van der Waals surface area contributed by atoms with Gasteiger partial charge in [0.1, 0.15) is 11.6 Å². The monoisotopic (exact) mass is 438 g/mol. The summed E-state index contributed by atoms with van der Waals surface area (Å²) in [4.78, 5) is 4.33. The summed E-state index contributed by atoms with van der Waals surface area (Å²) in [5.41, 5.74) is 4.75. The lowest BCUT2D eigenvalue weighted by atomic mass is 10.1. The van der Waals surface area contributed by atoms with Crippen LogP contribution in [0.5, 0.6) is 11.5 Å². The van der Waals surface area contributed by atoms with Crippen LogP contribution in [0.15, 0.2) is 21.7 Å². The van der Waals surface area contributed by atoms with E-state index in [1.54, 1.807) is 14.0 Å². The van der Waals surface area contributed by atoms with Crippen molar-refractivity contribution >= 4 is 39.6 Å². The van der Waals surface area contributed by atoms with Crippen molar-refractivity contribution in [2.24, 2.45) is 5.10 Å². The Labute approximate surface area is 164 Å². The van der Waals surface area contributed by atoms with Crippen LogP contribution in [0.4, 0.5) is 5.82 Å². The molecule has 0 amide bonds. The topological polar surface area (TPSA) is 99.8 Å². The van der Waals surface area contributed by atoms with Gasteiger partial charge in [-0.15, -0.1) is 0 Å². The molecule has 136 valence electrons. The normalized spacial score (nSPS) is 10.8. The Morgan fingerprint density at radius 1 is 1.46 bits per heavy atom. The van der Waals surface area contributed by atoms with Gasteiger partial charge < -0.3 is 14.6 Å². The highest BCUT2D eigenvalue weighted by Gasteiger charge is 2.16. The maximum absolute atomic E-state index is 10.1. The molecule has 0 saturated carbocycles. The molecule has 0 unspecified atom stereocenters. The van der Waals surface area contributed by atoms with Crippen LogP contribution in [0.3, 0.4) is 0 Å². The van der Waals surface area contributed by atoms with Crippen LogP contribution in [-0.4, -0.2) is 30.5 Å². The van der Waals surface area contributed by atoms with Gasteiger partial charge in [0.05, 0.1) is 25.6 Å². The molecule has 0 fully saturated rings. The second kappa shape index (κ2) is 8.85. The van der Waals surface area contributed by atoms with Crippen LogP contribution in [0.2, 0.25) is 5.02 Å². The van der Waals surface area contributed by atoms with E-state index in [0.29, 0.717) is 31.9 Å². The number of aromatic nitrogens is 1. The Morgan fingerprint density at radius 3 is 2.81 bits per heavy atom. The van der Waals surface area contributed by atoms with Crippen LogP contribution >= 0.6 is 27.5 Å². The van der Waals surface area contributed by atoms with Crippen molar-refractivity contribution in [3.63, 3.8) is 0 Å². The number of rotatable bonds is 6. The van der Waals surface area contributed by atoms with Crippen LogP contribution in [-0.2, 0) is 11.3 Å². The van der Waals surface area contributed by atoms with Gasteiger partial charge in [-0.05, 0) is 28.9 Å². The molecule has 0 bridgehead atoms. The number of anilines is 1. The number of hydrogen-bond acceptors (Lipinski definition) is 7. The number of phenols is 1. The molecular formula is C17H16BrClN4O3. The zero-order valence-corrected chi connectivity index (χ0v) is 16.6. The van der Waals surface area contributed by atoms with Crippen molar-refractivity contribution in [1.29, 1.82) is 5.26 Å². The molecule has 0 aliphatic heterocycles. The van der Waals surface area contributed by atoms with Crippen molar-refractivity contribution in [2.45, 2.75) is 13.5 Å². The third-order valence-electron chi connectivity index (χ3n) is 3.46. The molecule has 9 heteroatoms. The number of hydrazone groups is 1. The van der Waals surface area contributed by atoms with Crippen molar-refractivity contribution in [1.82, 2.24) is 4.98 Å². The number of nitrogens with zero attached hydrogens (tertiary/aromatic N) is 3. The van der Waals surface area contributed by atoms with Gasteiger partial charge in [0.25, 0.3) is 0 Å². The Hall–Kier alpha value is -2.34. The second-order valence-electron chi connectivity index (χ2n) is 5.17. The zero-order chi connectivity index (χ0) is 19.3. The molecule has 0 spiro atoms. The number of ether oxygens (including phenoxy) is 2. The number of benzene rings is 1. The van der Waals surface area contributed by atoms with E-state index >= 15 is 0 Å². The fraction of sp³-hybridized carbons (Fsp3) is 0.235. The van der Waals surface area contributed by atoms with Crippen LogP contribution in [0.25, 0.3) is 0 Å². The average Bonchev–Trinajstić information content (AvgIpc) is 2.62.